The Kier molecular flexibility index (Phi) is 3.94. The van der Waals surface area contributed by atoms with Crippen LogP contribution in [0.3, 0.4) is 0 Å². The zero-order valence-electron chi connectivity index (χ0n) is 13.4. The van der Waals surface area contributed by atoms with E-state index < -0.39 is 5.41 Å². The Morgan fingerprint density at radius 2 is 1.77 bits per heavy atom. The molecule has 2 amide bonds. The molecule has 0 aromatic heterocycles. The van der Waals surface area contributed by atoms with Crippen LogP contribution in [0.2, 0.25) is 0 Å². The first-order chi connectivity index (χ1) is 10.5. The molecule has 4 nitrogen and oxygen atoms in total. The first-order valence-electron chi connectivity index (χ1n) is 8.21. The summed E-state index contributed by atoms with van der Waals surface area (Å²) in [5.41, 5.74) is 2.22. The number of rotatable bonds is 3. The normalized spacial score (nSPS) is 19.6. The number of carbonyl (C=O) groups is 2. The van der Waals surface area contributed by atoms with Gasteiger partial charge in [0.05, 0.1) is 0 Å². The van der Waals surface area contributed by atoms with E-state index in [1.807, 2.05) is 36.9 Å². The molecule has 22 heavy (non-hydrogen) atoms. The van der Waals surface area contributed by atoms with Crippen LogP contribution in [0, 0.1) is 19.3 Å². The van der Waals surface area contributed by atoms with Gasteiger partial charge in [0.2, 0.25) is 11.8 Å². The molecule has 0 spiro atoms. The van der Waals surface area contributed by atoms with Gasteiger partial charge in [-0.25, -0.2) is 0 Å². The lowest BCUT2D eigenvalue weighted by atomic mass is 10.0. The predicted molar refractivity (Wildman–Crippen MR) is 86.6 cm³/mol. The van der Waals surface area contributed by atoms with Crippen molar-refractivity contribution in [3.05, 3.63) is 29.3 Å². The lowest BCUT2D eigenvalue weighted by molar-refractivity contribution is -0.143. The molecule has 1 aromatic carbocycles. The second-order valence-corrected chi connectivity index (χ2v) is 6.71. The highest BCUT2D eigenvalue weighted by molar-refractivity contribution is 6.13. The van der Waals surface area contributed by atoms with Crippen LogP contribution < -0.4 is 5.32 Å². The maximum atomic E-state index is 12.7. The first-order valence-corrected chi connectivity index (χ1v) is 8.21. The molecule has 3 rings (SSSR count). The summed E-state index contributed by atoms with van der Waals surface area (Å²) >= 11 is 0. The summed E-state index contributed by atoms with van der Waals surface area (Å²) in [7, 11) is 0. The number of hydrogen-bond acceptors (Lipinski definition) is 2. The molecule has 1 saturated carbocycles. The van der Waals surface area contributed by atoms with Gasteiger partial charge in [0, 0.05) is 18.8 Å². The summed E-state index contributed by atoms with van der Waals surface area (Å²) in [6, 6.07) is 5.94. The topological polar surface area (TPSA) is 49.4 Å². The number of anilines is 1. The Morgan fingerprint density at radius 3 is 2.36 bits per heavy atom. The van der Waals surface area contributed by atoms with Crippen molar-refractivity contribution in [1.82, 2.24) is 4.90 Å². The van der Waals surface area contributed by atoms with Crippen LogP contribution in [-0.2, 0) is 9.59 Å². The van der Waals surface area contributed by atoms with Crippen LogP contribution >= 0.6 is 0 Å². The third kappa shape index (κ3) is 2.74. The van der Waals surface area contributed by atoms with E-state index >= 15 is 0 Å². The maximum absolute atomic E-state index is 12.7. The van der Waals surface area contributed by atoms with Crippen LogP contribution in [0.4, 0.5) is 5.69 Å². The fourth-order valence-electron chi connectivity index (χ4n) is 3.26. The second kappa shape index (κ2) is 5.75. The molecule has 1 aliphatic heterocycles. The standard InChI is InChI=1S/C18H24N2O2/c1-13-6-7-15(14(2)12-13)19-16(21)18(8-9-18)17(22)20-10-4-3-5-11-20/h6-7,12H,3-5,8-11H2,1-2H3,(H,19,21). The third-order valence-electron chi connectivity index (χ3n) is 4.87. The molecule has 2 aliphatic rings. The number of hydrogen-bond donors (Lipinski definition) is 1. The van der Waals surface area contributed by atoms with E-state index in [0.29, 0.717) is 12.8 Å². The molecular weight excluding hydrogens is 276 g/mol. The molecule has 1 heterocycles. The Balaban J connectivity index is 1.72. The number of nitrogens with one attached hydrogen (secondary N) is 1. The van der Waals surface area contributed by atoms with Crippen molar-refractivity contribution in [2.24, 2.45) is 5.41 Å². The summed E-state index contributed by atoms with van der Waals surface area (Å²) in [5, 5.41) is 2.97. The van der Waals surface area contributed by atoms with Crippen molar-refractivity contribution >= 4 is 17.5 Å². The molecule has 4 heteroatoms. The third-order valence-corrected chi connectivity index (χ3v) is 4.87. The van der Waals surface area contributed by atoms with Crippen molar-refractivity contribution < 1.29 is 9.59 Å². The van der Waals surface area contributed by atoms with Crippen molar-refractivity contribution in [3.63, 3.8) is 0 Å². The molecule has 0 radical (unpaired) electrons. The number of aryl methyl sites for hydroxylation is 2. The molecular formula is C18H24N2O2. The Hall–Kier alpha value is -1.84. The van der Waals surface area contributed by atoms with Gasteiger partial charge in [0.1, 0.15) is 5.41 Å². The predicted octanol–water partition coefficient (Wildman–Crippen LogP) is 3.03. The summed E-state index contributed by atoms with van der Waals surface area (Å²) in [4.78, 5) is 27.3. The summed E-state index contributed by atoms with van der Waals surface area (Å²) < 4.78 is 0. The van der Waals surface area contributed by atoms with E-state index in [1.165, 1.54) is 12.0 Å². The highest BCUT2D eigenvalue weighted by Crippen LogP contribution is 2.48. The summed E-state index contributed by atoms with van der Waals surface area (Å²) in [5.74, 6) is -0.0931. The smallest absolute Gasteiger partial charge is 0.240 e. The number of piperidine rings is 1. The molecule has 0 atom stereocenters. The molecule has 2 fully saturated rings. The minimum Gasteiger partial charge on any atom is -0.342 e. The van der Waals surface area contributed by atoms with Gasteiger partial charge in [-0.15, -0.1) is 0 Å². The Morgan fingerprint density at radius 1 is 1.09 bits per heavy atom. The SMILES string of the molecule is Cc1ccc(NC(=O)C2(C(=O)N3CCCCC3)CC2)c(C)c1. The minimum absolute atomic E-state index is 0.0365. The zero-order valence-corrected chi connectivity index (χ0v) is 13.4. The number of nitrogens with zero attached hydrogens (tertiary/aromatic N) is 1. The van der Waals surface area contributed by atoms with E-state index in [4.69, 9.17) is 0 Å². The molecule has 1 aliphatic carbocycles. The van der Waals surface area contributed by atoms with Crippen LogP contribution in [0.1, 0.15) is 43.2 Å². The van der Waals surface area contributed by atoms with Gasteiger partial charge in [-0.2, -0.15) is 0 Å². The molecule has 1 saturated heterocycles. The van der Waals surface area contributed by atoms with Crippen LogP contribution in [-0.4, -0.2) is 29.8 Å². The average Bonchev–Trinajstić information content (AvgIpc) is 3.32. The summed E-state index contributed by atoms with van der Waals surface area (Å²) in [6.07, 6.45) is 4.66. The van der Waals surface area contributed by atoms with E-state index in [-0.39, 0.29) is 11.8 Å². The van der Waals surface area contributed by atoms with Gasteiger partial charge in [-0.3, -0.25) is 9.59 Å². The van der Waals surface area contributed by atoms with E-state index in [9.17, 15) is 9.59 Å². The molecule has 0 bridgehead atoms. The number of amides is 2. The minimum atomic E-state index is -0.797. The molecule has 1 aromatic rings. The fourth-order valence-corrected chi connectivity index (χ4v) is 3.26. The van der Waals surface area contributed by atoms with Gasteiger partial charge in [0.25, 0.3) is 0 Å². The fraction of sp³-hybridized carbons (Fsp3) is 0.556. The molecule has 1 N–H and O–H groups in total. The highest BCUT2D eigenvalue weighted by atomic mass is 16.2. The Bertz CT molecular complexity index is 599. The Labute approximate surface area is 131 Å². The maximum Gasteiger partial charge on any atom is 0.240 e. The van der Waals surface area contributed by atoms with Crippen molar-refractivity contribution in [3.8, 4) is 0 Å². The average molecular weight is 300 g/mol. The van der Waals surface area contributed by atoms with E-state index in [2.05, 4.69) is 5.32 Å². The van der Waals surface area contributed by atoms with Gasteiger partial charge in [0.15, 0.2) is 0 Å². The van der Waals surface area contributed by atoms with Gasteiger partial charge in [-0.1, -0.05) is 17.7 Å². The summed E-state index contributed by atoms with van der Waals surface area (Å²) in [6.45, 7) is 5.62. The van der Waals surface area contributed by atoms with Crippen LogP contribution in [0.15, 0.2) is 18.2 Å². The van der Waals surface area contributed by atoms with Crippen LogP contribution in [0.25, 0.3) is 0 Å². The second-order valence-electron chi connectivity index (χ2n) is 6.71. The number of likely N-dealkylation sites (tertiary alicyclic amines) is 1. The largest absolute Gasteiger partial charge is 0.342 e. The highest BCUT2D eigenvalue weighted by Gasteiger charge is 2.58. The quantitative estimate of drug-likeness (QED) is 0.872. The van der Waals surface area contributed by atoms with Crippen molar-refractivity contribution in [2.75, 3.05) is 18.4 Å². The van der Waals surface area contributed by atoms with Gasteiger partial charge >= 0.3 is 0 Å². The number of benzene rings is 1. The lowest BCUT2D eigenvalue weighted by Crippen LogP contribution is -2.45. The number of carbonyl (C=O) groups excluding carboxylic acids is 2. The monoisotopic (exact) mass is 300 g/mol. The van der Waals surface area contributed by atoms with Crippen molar-refractivity contribution in [2.45, 2.75) is 46.0 Å². The molecule has 0 unspecified atom stereocenters. The van der Waals surface area contributed by atoms with E-state index in [0.717, 1.165) is 37.2 Å². The van der Waals surface area contributed by atoms with Gasteiger partial charge < -0.3 is 10.2 Å². The zero-order chi connectivity index (χ0) is 15.7. The van der Waals surface area contributed by atoms with Gasteiger partial charge in [-0.05, 0) is 57.6 Å². The first kappa shape index (κ1) is 15.1. The van der Waals surface area contributed by atoms with Crippen LogP contribution in [0.5, 0.6) is 0 Å². The van der Waals surface area contributed by atoms with E-state index in [1.54, 1.807) is 0 Å². The molecule has 118 valence electrons. The lowest BCUT2D eigenvalue weighted by Gasteiger charge is -2.30. The van der Waals surface area contributed by atoms with Crippen molar-refractivity contribution in [1.29, 1.82) is 0 Å².